The second kappa shape index (κ2) is 6.82. The predicted octanol–water partition coefficient (Wildman–Crippen LogP) is 0.906. The molecule has 0 atom stereocenters. The van der Waals surface area contributed by atoms with Crippen LogP contribution < -0.4 is 10.2 Å². The summed E-state index contributed by atoms with van der Waals surface area (Å²) in [5, 5.41) is 9.50. The monoisotopic (exact) mass is 332 g/mol. The number of guanidine groups is 1. The van der Waals surface area contributed by atoms with Crippen LogP contribution in [0.25, 0.3) is 0 Å². The highest BCUT2D eigenvalue weighted by Gasteiger charge is 2.27. The maximum absolute atomic E-state index is 12.4. The Hall–Kier alpha value is -2.35. The number of nitrogens with zero attached hydrogens (tertiary/aromatic N) is 5. The molecule has 0 unspecified atom stereocenters. The lowest BCUT2D eigenvalue weighted by Gasteiger charge is -2.35. The van der Waals surface area contributed by atoms with Gasteiger partial charge in [0.05, 0.1) is 18.4 Å². The Balaban J connectivity index is 1.60. The van der Waals surface area contributed by atoms with Crippen LogP contribution in [0.15, 0.2) is 34.9 Å². The van der Waals surface area contributed by atoms with Crippen LogP contribution >= 0.6 is 11.3 Å². The Morgan fingerprint density at radius 1 is 1.48 bits per heavy atom. The first kappa shape index (κ1) is 15.5. The summed E-state index contributed by atoms with van der Waals surface area (Å²) in [6.45, 7) is 2.41. The van der Waals surface area contributed by atoms with Crippen LogP contribution in [0, 0.1) is 0 Å². The van der Waals surface area contributed by atoms with Crippen molar-refractivity contribution in [2.24, 2.45) is 12.0 Å². The number of anilines is 1. The maximum atomic E-state index is 12.4. The normalized spacial score (nSPS) is 16.1. The van der Waals surface area contributed by atoms with Crippen LogP contribution in [0.2, 0.25) is 0 Å². The third-order valence-electron chi connectivity index (χ3n) is 3.74. The van der Waals surface area contributed by atoms with Crippen LogP contribution in [0.1, 0.15) is 4.88 Å². The van der Waals surface area contributed by atoms with Gasteiger partial charge in [0.1, 0.15) is 6.54 Å². The molecule has 2 aromatic heterocycles. The molecule has 1 saturated heterocycles. The van der Waals surface area contributed by atoms with Gasteiger partial charge in [-0.25, -0.2) is 0 Å². The minimum atomic E-state index is 0.0586. The van der Waals surface area contributed by atoms with E-state index in [1.165, 1.54) is 4.88 Å². The lowest BCUT2D eigenvalue weighted by molar-refractivity contribution is -0.120. The fourth-order valence-corrected chi connectivity index (χ4v) is 3.23. The van der Waals surface area contributed by atoms with Gasteiger partial charge in [0, 0.05) is 38.3 Å². The first-order valence-electron chi connectivity index (χ1n) is 7.44. The molecule has 0 radical (unpaired) electrons. The quantitative estimate of drug-likeness (QED) is 0.670. The van der Waals surface area contributed by atoms with E-state index < -0.39 is 0 Å². The summed E-state index contributed by atoms with van der Waals surface area (Å²) in [6.07, 6.45) is 3.58. The standard InChI is InChI=1S/C15H20N6OS/c1-16-15(17-9-13-4-3-7-23-13)20-5-6-21(14(22)11-20)12-8-18-19(2)10-12/h3-4,7-8,10H,5-6,9,11H2,1-2H3,(H,16,17). The number of carbonyl (C=O) groups excluding carboxylic acids is 1. The van der Waals surface area contributed by atoms with Crippen LogP contribution in [0.5, 0.6) is 0 Å². The number of aliphatic imine (C=N–C) groups is 1. The zero-order valence-corrected chi connectivity index (χ0v) is 14.1. The highest BCUT2D eigenvalue weighted by atomic mass is 32.1. The van der Waals surface area contributed by atoms with Gasteiger partial charge in [-0.1, -0.05) is 6.07 Å². The van der Waals surface area contributed by atoms with Gasteiger partial charge in [-0.2, -0.15) is 5.10 Å². The molecule has 8 heteroatoms. The number of piperazine rings is 1. The van der Waals surface area contributed by atoms with Gasteiger partial charge < -0.3 is 15.1 Å². The molecule has 7 nitrogen and oxygen atoms in total. The SMILES string of the molecule is CN=C(NCc1cccs1)N1CCN(c2cnn(C)c2)C(=O)C1. The second-order valence-corrected chi connectivity index (χ2v) is 6.35. The van der Waals surface area contributed by atoms with E-state index in [2.05, 4.69) is 26.9 Å². The summed E-state index contributed by atoms with van der Waals surface area (Å²) < 4.78 is 1.70. The molecule has 0 saturated carbocycles. The molecular weight excluding hydrogens is 312 g/mol. The highest BCUT2D eigenvalue weighted by Crippen LogP contribution is 2.16. The van der Waals surface area contributed by atoms with Crippen molar-refractivity contribution in [1.29, 1.82) is 0 Å². The largest absolute Gasteiger partial charge is 0.351 e. The Morgan fingerprint density at radius 2 is 2.35 bits per heavy atom. The number of amides is 1. The Labute approximate surface area is 139 Å². The molecule has 2 aromatic rings. The smallest absolute Gasteiger partial charge is 0.246 e. The second-order valence-electron chi connectivity index (χ2n) is 5.32. The molecule has 23 heavy (non-hydrogen) atoms. The van der Waals surface area contributed by atoms with Crippen LogP contribution in [-0.4, -0.2) is 53.2 Å². The van der Waals surface area contributed by atoms with Crippen molar-refractivity contribution in [2.75, 3.05) is 31.6 Å². The van der Waals surface area contributed by atoms with Gasteiger partial charge in [-0.3, -0.25) is 14.5 Å². The average molecular weight is 332 g/mol. The van der Waals surface area contributed by atoms with Gasteiger partial charge in [0.2, 0.25) is 5.91 Å². The Bertz CT molecular complexity index is 693. The van der Waals surface area contributed by atoms with Crippen LogP contribution in [0.4, 0.5) is 5.69 Å². The van der Waals surface area contributed by atoms with Crippen molar-refractivity contribution in [2.45, 2.75) is 6.54 Å². The number of thiophene rings is 1. The van der Waals surface area contributed by atoms with Crippen molar-refractivity contribution in [1.82, 2.24) is 20.0 Å². The third-order valence-corrected chi connectivity index (χ3v) is 4.61. The zero-order chi connectivity index (χ0) is 16.2. The van der Waals surface area contributed by atoms with Crippen LogP contribution in [0.3, 0.4) is 0 Å². The van der Waals surface area contributed by atoms with E-state index in [0.717, 1.165) is 24.7 Å². The number of aryl methyl sites for hydroxylation is 1. The molecule has 1 aliphatic heterocycles. The van der Waals surface area contributed by atoms with Gasteiger partial charge in [0.25, 0.3) is 0 Å². The van der Waals surface area contributed by atoms with E-state index in [1.54, 1.807) is 34.2 Å². The Morgan fingerprint density at radius 3 is 2.96 bits per heavy atom. The lowest BCUT2D eigenvalue weighted by Crippen LogP contribution is -2.55. The topological polar surface area (TPSA) is 65.8 Å². The number of rotatable bonds is 3. The molecule has 3 rings (SSSR count). The van der Waals surface area contributed by atoms with E-state index in [4.69, 9.17) is 0 Å². The summed E-state index contributed by atoms with van der Waals surface area (Å²) in [6, 6.07) is 4.11. The van der Waals surface area contributed by atoms with E-state index in [-0.39, 0.29) is 5.91 Å². The lowest BCUT2D eigenvalue weighted by atomic mass is 10.3. The first-order valence-corrected chi connectivity index (χ1v) is 8.32. The molecule has 1 aliphatic rings. The molecule has 0 aromatic carbocycles. The summed E-state index contributed by atoms with van der Waals surface area (Å²) in [5.41, 5.74) is 0.846. The van der Waals surface area contributed by atoms with Crippen molar-refractivity contribution >= 4 is 28.9 Å². The predicted molar refractivity (Wildman–Crippen MR) is 91.7 cm³/mol. The minimum Gasteiger partial charge on any atom is -0.351 e. The van der Waals surface area contributed by atoms with Crippen molar-refractivity contribution in [3.63, 3.8) is 0 Å². The van der Waals surface area contributed by atoms with E-state index >= 15 is 0 Å². The molecule has 0 aliphatic carbocycles. The molecule has 122 valence electrons. The summed E-state index contributed by atoms with van der Waals surface area (Å²) in [5.74, 6) is 0.820. The van der Waals surface area contributed by atoms with E-state index in [9.17, 15) is 4.79 Å². The number of hydrogen-bond donors (Lipinski definition) is 1. The van der Waals surface area contributed by atoms with E-state index in [0.29, 0.717) is 13.1 Å². The summed E-state index contributed by atoms with van der Waals surface area (Å²) >= 11 is 1.70. The zero-order valence-electron chi connectivity index (χ0n) is 13.3. The number of carbonyl (C=O) groups is 1. The third kappa shape index (κ3) is 3.53. The molecule has 3 heterocycles. The van der Waals surface area contributed by atoms with Crippen molar-refractivity contribution < 1.29 is 4.79 Å². The maximum Gasteiger partial charge on any atom is 0.246 e. The number of hydrogen-bond acceptors (Lipinski definition) is 4. The molecule has 1 fully saturated rings. The fraction of sp³-hybridized carbons (Fsp3) is 0.400. The van der Waals surface area contributed by atoms with Crippen molar-refractivity contribution in [3.05, 3.63) is 34.8 Å². The molecular formula is C15H20N6OS. The minimum absolute atomic E-state index is 0.0586. The molecule has 1 amide bonds. The number of nitrogens with one attached hydrogen (secondary N) is 1. The van der Waals surface area contributed by atoms with Crippen LogP contribution in [-0.2, 0) is 18.4 Å². The average Bonchev–Trinajstić information content (AvgIpc) is 3.20. The van der Waals surface area contributed by atoms with Gasteiger partial charge in [-0.05, 0) is 11.4 Å². The number of aromatic nitrogens is 2. The Kier molecular flexibility index (Phi) is 4.61. The fourth-order valence-electron chi connectivity index (χ4n) is 2.59. The summed E-state index contributed by atoms with van der Waals surface area (Å²) in [4.78, 5) is 21.7. The highest BCUT2D eigenvalue weighted by molar-refractivity contribution is 7.09. The van der Waals surface area contributed by atoms with Gasteiger partial charge >= 0.3 is 0 Å². The molecule has 1 N–H and O–H groups in total. The molecule has 0 spiro atoms. The van der Waals surface area contributed by atoms with Gasteiger partial charge in [0.15, 0.2) is 5.96 Å². The van der Waals surface area contributed by atoms with Crippen molar-refractivity contribution in [3.8, 4) is 0 Å². The van der Waals surface area contributed by atoms with E-state index in [1.807, 2.05) is 24.2 Å². The molecule has 0 bridgehead atoms. The first-order chi connectivity index (χ1) is 11.2. The summed E-state index contributed by atoms with van der Waals surface area (Å²) in [7, 11) is 3.59. The van der Waals surface area contributed by atoms with Gasteiger partial charge in [-0.15, -0.1) is 11.3 Å².